The summed E-state index contributed by atoms with van der Waals surface area (Å²) in [4.78, 5) is 0.153. The summed E-state index contributed by atoms with van der Waals surface area (Å²) in [7, 11) is -3.27. The Morgan fingerprint density at radius 3 is 2.58 bits per heavy atom. The second kappa shape index (κ2) is 4.96. The highest BCUT2D eigenvalue weighted by Gasteiger charge is 2.13. The van der Waals surface area contributed by atoms with E-state index in [9.17, 15) is 8.42 Å². The molecular formula is C12H14ClN3O2S. The second-order valence-electron chi connectivity index (χ2n) is 4.39. The first-order valence-corrected chi connectivity index (χ1v) is 7.86. The zero-order chi connectivity index (χ0) is 14.2. The van der Waals surface area contributed by atoms with Crippen LogP contribution in [0.3, 0.4) is 0 Å². The second-order valence-corrected chi connectivity index (χ2v) is 6.82. The van der Waals surface area contributed by atoms with Crippen molar-refractivity contribution in [3.8, 4) is 5.69 Å². The molecule has 0 aliphatic heterocycles. The maximum absolute atomic E-state index is 11.4. The summed E-state index contributed by atoms with van der Waals surface area (Å²) in [6.45, 7) is 1.86. The lowest BCUT2D eigenvalue weighted by Crippen LogP contribution is -2.05. The number of halogens is 1. The number of hydrogen-bond acceptors (Lipinski definition) is 4. The Morgan fingerprint density at radius 1 is 1.42 bits per heavy atom. The largest absolute Gasteiger partial charge is 0.324 e. The van der Waals surface area contributed by atoms with Crippen LogP contribution in [0.25, 0.3) is 5.69 Å². The van der Waals surface area contributed by atoms with Crippen LogP contribution in [-0.4, -0.2) is 24.5 Å². The van der Waals surface area contributed by atoms with E-state index in [1.807, 2.05) is 13.0 Å². The highest BCUT2D eigenvalue weighted by molar-refractivity contribution is 7.90. The van der Waals surface area contributed by atoms with E-state index in [-0.39, 0.29) is 10.9 Å². The Bertz CT molecular complexity index is 708. The van der Waals surface area contributed by atoms with Crippen LogP contribution in [-0.2, 0) is 9.84 Å². The molecule has 19 heavy (non-hydrogen) atoms. The van der Waals surface area contributed by atoms with Gasteiger partial charge in [0.25, 0.3) is 0 Å². The van der Waals surface area contributed by atoms with Crippen LogP contribution in [0.5, 0.6) is 0 Å². The van der Waals surface area contributed by atoms with Crippen molar-refractivity contribution in [1.29, 1.82) is 0 Å². The summed E-state index contributed by atoms with van der Waals surface area (Å²) < 4.78 is 24.2. The molecule has 0 aliphatic rings. The van der Waals surface area contributed by atoms with Crippen LogP contribution in [0.15, 0.2) is 35.5 Å². The molecule has 0 radical (unpaired) electrons. The number of benzene rings is 1. The van der Waals surface area contributed by atoms with Crippen LogP contribution >= 0.6 is 11.6 Å². The Balaban J connectivity index is 2.45. The summed E-state index contributed by atoms with van der Waals surface area (Å²) in [6.07, 6.45) is 3.86. The van der Waals surface area contributed by atoms with Crippen LogP contribution in [0.1, 0.15) is 18.5 Å². The van der Waals surface area contributed by atoms with Gasteiger partial charge in [0.2, 0.25) is 0 Å². The third-order valence-electron chi connectivity index (χ3n) is 2.73. The van der Waals surface area contributed by atoms with Gasteiger partial charge in [0.1, 0.15) is 4.90 Å². The summed E-state index contributed by atoms with van der Waals surface area (Å²) in [5.74, 6) is 0. The number of sulfone groups is 1. The molecule has 0 bridgehead atoms. The molecule has 1 unspecified atom stereocenters. The number of nitrogens with zero attached hydrogens (tertiary/aromatic N) is 2. The third kappa shape index (κ3) is 2.97. The summed E-state index contributed by atoms with van der Waals surface area (Å²) in [5.41, 5.74) is 7.29. The van der Waals surface area contributed by atoms with Gasteiger partial charge in [-0.3, -0.25) is 0 Å². The summed E-state index contributed by atoms with van der Waals surface area (Å²) in [5, 5.41) is 4.48. The van der Waals surface area contributed by atoms with Crippen molar-refractivity contribution in [2.75, 3.05) is 6.26 Å². The van der Waals surface area contributed by atoms with Gasteiger partial charge in [-0.1, -0.05) is 17.7 Å². The molecule has 5 nitrogen and oxygen atoms in total. The van der Waals surface area contributed by atoms with Gasteiger partial charge < -0.3 is 5.73 Å². The van der Waals surface area contributed by atoms with Crippen molar-refractivity contribution in [1.82, 2.24) is 9.78 Å². The van der Waals surface area contributed by atoms with Crippen molar-refractivity contribution in [2.45, 2.75) is 17.9 Å². The quantitative estimate of drug-likeness (QED) is 0.939. The molecule has 2 N–H and O–H groups in total. The van der Waals surface area contributed by atoms with Crippen LogP contribution in [0, 0.1) is 0 Å². The van der Waals surface area contributed by atoms with Crippen molar-refractivity contribution < 1.29 is 8.42 Å². The number of hydrogen-bond donors (Lipinski definition) is 1. The van der Waals surface area contributed by atoms with Crippen molar-refractivity contribution in [3.63, 3.8) is 0 Å². The molecule has 0 saturated heterocycles. The highest BCUT2D eigenvalue weighted by atomic mass is 35.5. The standard InChI is InChI=1S/C12H14ClN3O2S/c1-8(14)9-3-4-12(11(13)5-9)16-7-10(6-15-16)19(2,17)18/h3-8H,14H2,1-2H3. The number of rotatable bonds is 3. The fourth-order valence-electron chi connectivity index (χ4n) is 1.62. The third-order valence-corrected chi connectivity index (χ3v) is 4.10. The molecular weight excluding hydrogens is 286 g/mol. The zero-order valence-electron chi connectivity index (χ0n) is 10.5. The Morgan fingerprint density at radius 2 is 2.11 bits per heavy atom. The van der Waals surface area contributed by atoms with Crippen LogP contribution < -0.4 is 5.73 Å². The Hall–Kier alpha value is -1.37. The molecule has 102 valence electrons. The van der Waals surface area contributed by atoms with E-state index in [1.54, 1.807) is 12.1 Å². The number of aromatic nitrogens is 2. The molecule has 0 aliphatic carbocycles. The van der Waals surface area contributed by atoms with E-state index in [1.165, 1.54) is 17.1 Å². The molecule has 2 aromatic rings. The molecule has 1 aromatic carbocycles. The minimum atomic E-state index is -3.27. The lowest BCUT2D eigenvalue weighted by molar-refractivity contribution is 0.602. The van der Waals surface area contributed by atoms with Gasteiger partial charge >= 0.3 is 0 Å². The van der Waals surface area contributed by atoms with Gasteiger partial charge in [-0.2, -0.15) is 5.10 Å². The van der Waals surface area contributed by atoms with Gasteiger partial charge in [-0.15, -0.1) is 0 Å². The average molecular weight is 300 g/mol. The van der Waals surface area contributed by atoms with Crippen LogP contribution in [0.4, 0.5) is 0 Å². The monoisotopic (exact) mass is 299 g/mol. The van der Waals surface area contributed by atoms with Crippen molar-refractivity contribution in [2.24, 2.45) is 5.73 Å². The Kier molecular flexibility index (Phi) is 3.66. The van der Waals surface area contributed by atoms with Crippen LogP contribution in [0.2, 0.25) is 5.02 Å². The normalized spacial score (nSPS) is 13.5. The van der Waals surface area contributed by atoms with Gasteiger partial charge in [0.05, 0.1) is 16.9 Å². The topological polar surface area (TPSA) is 78.0 Å². The maximum Gasteiger partial charge on any atom is 0.178 e. The SMILES string of the molecule is CC(N)c1ccc(-n2cc(S(C)(=O)=O)cn2)c(Cl)c1. The highest BCUT2D eigenvalue weighted by Crippen LogP contribution is 2.24. The van der Waals surface area contributed by atoms with E-state index in [0.717, 1.165) is 11.8 Å². The van der Waals surface area contributed by atoms with Crippen molar-refractivity contribution >= 4 is 21.4 Å². The van der Waals surface area contributed by atoms with E-state index >= 15 is 0 Å². The maximum atomic E-state index is 11.4. The summed E-state index contributed by atoms with van der Waals surface area (Å²) in [6, 6.07) is 5.24. The van der Waals surface area contributed by atoms with E-state index in [4.69, 9.17) is 17.3 Å². The van der Waals surface area contributed by atoms with Gasteiger partial charge in [-0.05, 0) is 24.6 Å². The minimum absolute atomic E-state index is 0.115. The fourth-order valence-corrected chi connectivity index (χ4v) is 2.43. The van der Waals surface area contributed by atoms with E-state index in [0.29, 0.717) is 10.7 Å². The molecule has 0 amide bonds. The molecule has 2 rings (SSSR count). The molecule has 0 fully saturated rings. The average Bonchev–Trinajstić information content (AvgIpc) is 2.77. The number of nitrogens with two attached hydrogens (primary N) is 1. The predicted molar refractivity (Wildman–Crippen MR) is 74.3 cm³/mol. The lowest BCUT2D eigenvalue weighted by atomic mass is 10.1. The molecule has 0 spiro atoms. The van der Waals surface area contributed by atoms with Crippen molar-refractivity contribution in [3.05, 3.63) is 41.2 Å². The first-order valence-electron chi connectivity index (χ1n) is 5.59. The first kappa shape index (κ1) is 14.0. The lowest BCUT2D eigenvalue weighted by Gasteiger charge is -2.09. The van der Waals surface area contributed by atoms with E-state index in [2.05, 4.69) is 5.10 Å². The molecule has 7 heteroatoms. The zero-order valence-corrected chi connectivity index (χ0v) is 12.1. The predicted octanol–water partition coefficient (Wildman–Crippen LogP) is 1.95. The smallest absolute Gasteiger partial charge is 0.178 e. The van der Waals surface area contributed by atoms with Gasteiger partial charge in [0.15, 0.2) is 9.84 Å². The summed E-state index contributed by atoms with van der Waals surface area (Å²) >= 11 is 6.17. The molecule has 0 saturated carbocycles. The van der Waals surface area contributed by atoms with Gasteiger partial charge in [0, 0.05) is 18.5 Å². The molecule has 1 atom stereocenters. The van der Waals surface area contributed by atoms with E-state index < -0.39 is 9.84 Å². The fraction of sp³-hybridized carbons (Fsp3) is 0.250. The Labute approximate surface area is 116 Å². The molecule has 1 aromatic heterocycles. The molecule has 1 heterocycles. The van der Waals surface area contributed by atoms with Gasteiger partial charge in [-0.25, -0.2) is 13.1 Å². The first-order chi connectivity index (χ1) is 8.79. The minimum Gasteiger partial charge on any atom is -0.324 e.